The van der Waals surface area contributed by atoms with Gasteiger partial charge in [0.15, 0.2) is 4.33 Å². The molecule has 0 aromatic heterocycles. The van der Waals surface area contributed by atoms with Crippen molar-refractivity contribution in [3.8, 4) is 0 Å². The fraction of sp³-hybridized carbons (Fsp3) is 0.273. The number of fused-ring (bicyclic) bond motifs is 1. The van der Waals surface area contributed by atoms with E-state index >= 15 is 0 Å². The summed E-state index contributed by atoms with van der Waals surface area (Å²) in [6, 6.07) is 7.24. The fourth-order valence-electron chi connectivity index (χ4n) is 1.73. The molecule has 1 N–H and O–H groups in total. The SMILES string of the molecule is OC1C(C(Cl)(Cl)C(Cl)(Cl)Cl)=Cc2ccccc21. The average Bonchev–Trinajstić information content (AvgIpc) is 2.56. The Labute approximate surface area is 124 Å². The first-order chi connectivity index (χ1) is 7.75. The normalized spacial score (nSPS) is 20.1. The monoisotopic (exact) mass is 330 g/mol. The van der Waals surface area contributed by atoms with Crippen molar-refractivity contribution in [2.45, 2.75) is 14.2 Å². The molecule has 1 atom stereocenters. The second kappa shape index (κ2) is 4.48. The third kappa shape index (κ3) is 2.30. The lowest BCUT2D eigenvalue weighted by molar-refractivity contribution is 0.214. The van der Waals surface area contributed by atoms with Crippen LogP contribution in [-0.4, -0.2) is 13.2 Å². The Bertz CT molecular complexity index is 475. The zero-order valence-corrected chi connectivity index (χ0v) is 12.1. The molecule has 0 heterocycles. The van der Waals surface area contributed by atoms with Gasteiger partial charge in [-0.1, -0.05) is 82.3 Å². The summed E-state index contributed by atoms with van der Waals surface area (Å²) in [7, 11) is 0. The molecule has 0 saturated carbocycles. The van der Waals surface area contributed by atoms with Crippen molar-refractivity contribution in [1.29, 1.82) is 0 Å². The van der Waals surface area contributed by atoms with Gasteiger partial charge in [-0.25, -0.2) is 0 Å². The van der Waals surface area contributed by atoms with Crippen LogP contribution in [0.4, 0.5) is 0 Å². The van der Waals surface area contributed by atoms with Crippen LogP contribution in [0, 0.1) is 0 Å². The zero-order chi connectivity index (χ0) is 12.8. The number of rotatable bonds is 1. The standard InChI is InChI=1S/C11H7Cl5O/c12-10(13,11(14,15)16)8-5-6-3-1-2-4-7(6)9(8)17/h1-5,9,17H. The quantitative estimate of drug-likeness (QED) is 0.742. The van der Waals surface area contributed by atoms with Gasteiger partial charge < -0.3 is 5.11 Å². The van der Waals surface area contributed by atoms with Crippen LogP contribution in [0.15, 0.2) is 29.8 Å². The molecule has 0 spiro atoms. The van der Waals surface area contributed by atoms with E-state index in [9.17, 15) is 5.11 Å². The Hall–Kier alpha value is 0.370. The van der Waals surface area contributed by atoms with Crippen LogP contribution < -0.4 is 0 Å². The summed E-state index contributed by atoms with van der Waals surface area (Å²) in [5.41, 5.74) is 1.78. The summed E-state index contributed by atoms with van der Waals surface area (Å²) in [5, 5.41) is 10.1. The van der Waals surface area contributed by atoms with Crippen molar-refractivity contribution in [3.63, 3.8) is 0 Å². The molecule has 1 aliphatic rings. The highest BCUT2D eigenvalue weighted by atomic mass is 35.6. The summed E-state index contributed by atoms with van der Waals surface area (Å²) in [6.07, 6.45) is 0.679. The number of benzene rings is 1. The predicted octanol–water partition coefficient (Wildman–Crippen LogP) is 4.66. The molecule has 92 valence electrons. The Morgan fingerprint density at radius 1 is 1.00 bits per heavy atom. The van der Waals surface area contributed by atoms with Crippen LogP contribution in [0.3, 0.4) is 0 Å². The summed E-state index contributed by atoms with van der Waals surface area (Å²) < 4.78 is -3.71. The summed E-state index contributed by atoms with van der Waals surface area (Å²) >= 11 is 29.3. The van der Waals surface area contributed by atoms with Gasteiger partial charge in [0.2, 0.25) is 3.79 Å². The van der Waals surface area contributed by atoms with Gasteiger partial charge in [-0.05, 0) is 17.2 Å². The van der Waals surface area contributed by atoms with Crippen molar-refractivity contribution in [1.82, 2.24) is 0 Å². The minimum Gasteiger partial charge on any atom is -0.384 e. The number of halogens is 5. The lowest BCUT2D eigenvalue weighted by Crippen LogP contribution is -2.34. The van der Waals surface area contributed by atoms with Gasteiger partial charge in [0.05, 0.1) is 0 Å². The van der Waals surface area contributed by atoms with Crippen LogP contribution in [-0.2, 0) is 0 Å². The third-order valence-corrected chi connectivity index (χ3v) is 5.05. The van der Waals surface area contributed by atoms with Crippen molar-refractivity contribution in [2.75, 3.05) is 0 Å². The molecule has 2 rings (SSSR count). The second-order valence-corrected chi connectivity index (χ2v) is 7.31. The zero-order valence-electron chi connectivity index (χ0n) is 8.30. The van der Waals surface area contributed by atoms with Crippen LogP contribution >= 0.6 is 58.0 Å². The first-order valence-electron chi connectivity index (χ1n) is 4.69. The van der Waals surface area contributed by atoms with Gasteiger partial charge in [-0.2, -0.15) is 0 Å². The molecule has 0 saturated heterocycles. The highest BCUT2D eigenvalue weighted by Gasteiger charge is 2.52. The maximum Gasteiger partial charge on any atom is 0.226 e. The van der Waals surface area contributed by atoms with Gasteiger partial charge in [0, 0.05) is 5.57 Å². The smallest absolute Gasteiger partial charge is 0.226 e. The van der Waals surface area contributed by atoms with E-state index in [1.165, 1.54) is 0 Å². The Morgan fingerprint density at radius 2 is 1.59 bits per heavy atom. The summed E-state index contributed by atoms with van der Waals surface area (Å²) in [4.78, 5) is 0. The van der Waals surface area contributed by atoms with E-state index in [0.717, 1.165) is 5.56 Å². The maximum absolute atomic E-state index is 10.1. The molecular weight excluding hydrogens is 325 g/mol. The Kier molecular flexibility index (Phi) is 3.64. The minimum atomic E-state index is -1.93. The molecule has 1 aromatic rings. The fourth-order valence-corrected chi connectivity index (χ4v) is 2.37. The Balaban J connectivity index is 2.46. The topological polar surface area (TPSA) is 20.2 Å². The van der Waals surface area contributed by atoms with E-state index in [1.54, 1.807) is 18.2 Å². The van der Waals surface area contributed by atoms with Crippen LogP contribution in [0.5, 0.6) is 0 Å². The number of aliphatic hydroxyl groups excluding tert-OH is 1. The highest BCUT2D eigenvalue weighted by molar-refractivity contribution is 6.76. The first-order valence-corrected chi connectivity index (χ1v) is 6.57. The second-order valence-electron chi connectivity index (χ2n) is 3.70. The number of hydrogen-bond acceptors (Lipinski definition) is 1. The largest absolute Gasteiger partial charge is 0.384 e. The number of aliphatic hydroxyl groups is 1. The molecule has 1 aromatic carbocycles. The average molecular weight is 332 g/mol. The molecule has 0 bridgehead atoms. The molecule has 0 aliphatic heterocycles. The third-order valence-electron chi connectivity index (χ3n) is 2.61. The summed E-state index contributed by atoms with van der Waals surface area (Å²) in [6.45, 7) is 0. The van der Waals surface area contributed by atoms with E-state index < -0.39 is 14.2 Å². The molecule has 0 amide bonds. The van der Waals surface area contributed by atoms with E-state index in [0.29, 0.717) is 5.56 Å². The van der Waals surface area contributed by atoms with Crippen LogP contribution in [0.25, 0.3) is 6.08 Å². The van der Waals surface area contributed by atoms with Crippen molar-refractivity contribution < 1.29 is 5.11 Å². The van der Waals surface area contributed by atoms with E-state index in [1.807, 2.05) is 12.1 Å². The van der Waals surface area contributed by atoms with E-state index in [4.69, 9.17) is 58.0 Å². The molecular formula is C11H7Cl5O. The Morgan fingerprint density at radius 3 is 2.12 bits per heavy atom. The van der Waals surface area contributed by atoms with Gasteiger partial charge >= 0.3 is 0 Å². The molecule has 17 heavy (non-hydrogen) atoms. The molecule has 6 heteroatoms. The minimum absolute atomic E-state index is 0.266. The highest BCUT2D eigenvalue weighted by Crippen LogP contribution is 2.55. The van der Waals surface area contributed by atoms with Crippen molar-refractivity contribution in [2.24, 2.45) is 0 Å². The molecule has 0 fully saturated rings. The predicted molar refractivity (Wildman–Crippen MR) is 74.1 cm³/mol. The molecule has 1 nitrogen and oxygen atoms in total. The van der Waals surface area contributed by atoms with Gasteiger partial charge in [0.1, 0.15) is 6.10 Å². The van der Waals surface area contributed by atoms with Crippen LogP contribution in [0.2, 0.25) is 0 Å². The van der Waals surface area contributed by atoms with Gasteiger partial charge in [-0.15, -0.1) is 0 Å². The van der Waals surface area contributed by atoms with Crippen molar-refractivity contribution in [3.05, 3.63) is 41.0 Å². The molecule has 1 aliphatic carbocycles. The van der Waals surface area contributed by atoms with Crippen LogP contribution in [0.1, 0.15) is 17.2 Å². The summed E-state index contributed by atoms with van der Waals surface area (Å²) in [5.74, 6) is 0. The lowest BCUT2D eigenvalue weighted by atomic mass is 10.1. The van der Waals surface area contributed by atoms with E-state index in [-0.39, 0.29) is 5.57 Å². The van der Waals surface area contributed by atoms with Gasteiger partial charge in [-0.3, -0.25) is 0 Å². The molecule has 0 radical (unpaired) electrons. The number of hydrogen-bond donors (Lipinski definition) is 1. The molecule has 1 unspecified atom stereocenters. The van der Waals surface area contributed by atoms with Crippen molar-refractivity contribution >= 4 is 64.1 Å². The number of alkyl halides is 5. The lowest BCUT2D eigenvalue weighted by Gasteiger charge is -2.30. The first kappa shape index (κ1) is 13.8. The maximum atomic E-state index is 10.1. The van der Waals surface area contributed by atoms with E-state index in [2.05, 4.69) is 0 Å². The van der Waals surface area contributed by atoms with Gasteiger partial charge in [0.25, 0.3) is 0 Å².